The second-order valence-corrected chi connectivity index (χ2v) is 4.28. The average molecular weight is 190 g/mol. The molecule has 1 saturated heterocycles. The summed E-state index contributed by atoms with van der Waals surface area (Å²) in [5.41, 5.74) is 0. The lowest BCUT2D eigenvalue weighted by molar-refractivity contribution is -0.146. The maximum atomic E-state index is 10.7. The van der Waals surface area contributed by atoms with Gasteiger partial charge in [0.15, 0.2) is 0 Å². The minimum Gasteiger partial charge on any atom is -0.481 e. The van der Waals surface area contributed by atoms with Gasteiger partial charge in [-0.3, -0.25) is 4.79 Å². The van der Waals surface area contributed by atoms with Gasteiger partial charge in [0, 0.05) is 11.5 Å². The number of carboxylic acids is 1. The smallest absolute Gasteiger partial charge is 0.310 e. The molecule has 1 rings (SSSR count). The van der Waals surface area contributed by atoms with E-state index >= 15 is 0 Å². The van der Waals surface area contributed by atoms with Crippen molar-refractivity contribution in [3.05, 3.63) is 0 Å². The van der Waals surface area contributed by atoms with E-state index in [1.54, 1.807) is 11.8 Å². The van der Waals surface area contributed by atoms with E-state index in [1.807, 2.05) is 13.8 Å². The molecule has 4 heteroatoms. The third-order valence-corrected chi connectivity index (χ3v) is 2.95. The molecule has 0 bridgehead atoms. The fourth-order valence-corrected chi connectivity index (χ4v) is 2.54. The Hall–Kier alpha value is -0.220. The summed E-state index contributed by atoms with van der Waals surface area (Å²) in [5.74, 6) is 0.463. The van der Waals surface area contributed by atoms with Crippen molar-refractivity contribution in [2.75, 3.05) is 11.5 Å². The molecule has 0 aromatic heterocycles. The molecule has 12 heavy (non-hydrogen) atoms. The van der Waals surface area contributed by atoms with Crippen molar-refractivity contribution in [1.82, 2.24) is 0 Å². The first-order valence-electron chi connectivity index (χ1n) is 4.07. The Bertz CT molecular complexity index is 170. The van der Waals surface area contributed by atoms with Gasteiger partial charge in [-0.2, -0.15) is 11.8 Å². The number of hydrogen-bond donors (Lipinski definition) is 1. The maximum Gasteiger partial charge on any atom is 0.310 e. The highest BCUT2D eigenvalue weighted by atomic mass is 32.2. The van der Waals surface area contributed by atoms with E-state index in [4.69, 9.17) is 9.84 Å². The van der Waals surface area contributed by atoms with Gasteiger partial charge in [0.05, 0.1) is 18.1 Å². The SMILES string of the molecule is CC(C)OC1CSCC1C(=O)O. The monoisotopic (exact) mass is 190 g/mol. The number of ether oxygens (including phenoxy) is 1. The number of carboxylic acid groups (broad SMARTS) is 1. The van der Waals surface area contributed by atoms with E-state index in [2.05, 4.69) is 0 Å². The summed E-state index contributed by atoms with van der Waals surface area (Å²) < 4.78 is 5.48. The fourth-order valence-electron chi connectivity index (χ4n) is 1.25. The number of aliphatic carboxylic acids is 1. The Balaban J connectivity index is 2.46. The molecule has 0 aromatic rings. The molecule has 0 aromatic carbocycles. The molecule has 1 N–H and O–H groups in total. The van der Waals surface area contributed by atoms with E-state index in [0.29, 0.717) is 5.75 Å². The van der Waals surface area contributed by atoms with Crippen molar-refractivity contribution < 1.29 is 14.6 Å². The number of carbonyl (C=O) groups is 1. The molecule has 2 unspecified atom stereocenters. The molecule has 2 atom stereocenters. The average Bonchev–Trinajstić information content (AvgIpc) is 2.33. The van der Waals surface area contributed by atoms with Crippen molar-refractivity contribution in [3.63, 3.8) is 0 Å². The zero-order valence-corrected chi connectivity index (χ0v) is 8.13. The Labute approximate surface area is 76.5 Å². The van der Waals surface area contributed by atoms with Crippen molar-refractivity contribution >= 4 is 17.7 Å². The fraction of sp³-hybridized carbons (Fsp3) is 0.875. The lowest BCUT2D eigenvalue weighted by atomic mass is 10.1. The number of hydrogen-bond acceptors (Lipinski definition) is 3. The Morgan fingerprint density at radius 3 is 2.75 bits per heavy atom. The van der Waals surface area contributed by atoms with Crippen molar-refractivity contribution in [2.24, 2.45) is 5.92 Å². The number of thioether (sulfide) groups is 1. The van der Waals surface area contributed by atoms with Crippen LogP contribution in [0, 0.1) is 5.92 Å². The Morgan fingerprint density at radius 1 is 1.58 bits per heavy atom. The van der Waals surface area contributed by atoms with Crippen molar-refractivity contribution in [3.8, 4) is 0 Å². The van der Waals surface area contributed by atoms with Crippen LogP contribution in [0.25, 0.3) is 0 Å². The molecule has 70 valence electrons. The topological polar surface area (TPSA) is 46.5 Å². The highest BCUT2D eigenvalue weighted by Gasteiger charge is 2.34. The highest BCUT2D eigenvalue weighted by molar-refractivity contribution is 7.99. The third kappa shape index (κ3) is 2.38. The largest absolute Gasteiger partial charge is 0.481 e. The summed E-state index contributed by atoms with van der Waals surface area (Å²) in [6.07, 6.45) is 0.0306. The molecule has 1 aliphatic rings. The standard InChI is InChI=1S/C8H14O3S/c1-5(2)11-7-4-12-3-6(7)8(9)10/h5-7H,3-4H2,1-2H3,(H,9,10). The van der Waals surface area contributed by atoms with Crippen LogP contribution in [0.15, 0.2) is 0 Å². The molecule has 3 nitrogen and oxygen atoms in total. The minimum absolute atomic E-state index is 0.0903. The minimum atomic E-state index is -0.731. The molecule has 0 amide bonds. The van der Waals surface area contributed by atoms with Gasteiger partial charge in [-0.1, -0.05) is 0 Å². The van der Waals surface area contributed by atoms with E-state index in [0.717, 1.165) is 5.75 Å². The molecule has 1 fully saturated rings. The van der Waals surface area contributed by atoms with Crippen LogP contribution >= 0.6 is 11.8 Å². The Morgan fingerprint density at radius 2 is 2.25 bits per heavy atom. The lowest BCUT2D eigenvalue weighted by Crippen LogP contribution is -2.31. The van der Waals surface area contributed by atoms with E-state index in [-0.39, 0.29) is 18.1 Å². The highest BCUT2D eigenvalue weighted by Crippen LogP contribution is 2.27. The lowest BCUT2D eigenvalue weighted by Gasteiger charge is -2.18. The quantitative estimate of drug-likeness (QED) is 0.727. The van der Waals surface area contributed by atoms with E-state index in [9.17, 15) is 4.79 Å². The Kier molecular flexibility index (Phi) is 3.40. The summed E-state index contributed by atoms with van der Waals surface area (Å²) in [5, 5.41) is 8.80. The van der Waals surface area contributed by atoms with Gasteiger partial charge >= 0.3 is 5.97 Å². The number of rotatable bonds is 3. The molecular weight excluding hydrogens is 176 g/mol. The van der Waals surface area contributed by atoms with Gasteiger partial charge < -0.3 is 9.84 Å². The molecule has 0 aliphatic carbocycles. The molecular formula is C8H14O3S. The van der Waals surface area contributed by atoms with Gasteiger partial charge in [-0.05, 0) is 13.8 Å². The van der Waals surface area contributed by atoms with Crippen LogP contribution < -0.4 is 0 Å². The normalized spacial score (nSPS) is 29.6. The second kappa shape index (κ2) is 4.14. The first-order valence-corrected chi connectivity index (χ1v) is 5.22. The van der Waals surface area contributed by atoms with Gasteiger partial charge in [0.2, 0.25) is 0 Å². The first kappa shape index (κ1) is 9.86. The molecule has 0 radical (unpaired) electrons. The molecule has 0 saturated carbocycles. The van der Waals surface area contributed by atoms with Gasteiger partial charge in [-0.15, -0.1) is 0 Å². The van der Waals surface area contributed by atoms with E-state index < -0.39 is 5.97 Å². The van der Waals surface area contributed by atoms with E-state index in [1.165, 1.54) is 0 Å². The van der Waals surface area contributed by atoms with Crippen molar-refractivity contribution in [1.29, 1.82) is 0 Å². The first-order chi connectivity index (χ1) is 5.61. The van der Waals surface area contributed by atoms with Crippen LogP contribution in [-0.2, 0) is 9.53 Å². The maximum absolute atomic E-state index is 10.7. The summed E-state index contributed by atoms with van der Waals surface area (Å²) in [4.78, 5) is 10.7. The molecule has 1 heterocycles. The van der Waals surface area contributed by atoms with Crippen LogP contribution in [0.1, 0.15) is 13.8 Å². The zero-order valence-electron chi connectivity index (χ0n) is 7.32. The van der Waals surface area contributed by atoms with Gasteiger partial charge in [-0.25, -0.2) is 0 Å². The zero-order chi connectivity index (χ0) is 9.14. The van der Waals surface area contributed by atoms with Crippen LogP contribution in [0.4, 0.5) is 0 Å². The van der Waals surface area contributed by atoms with Gasteiger partial charge in [0.25, 0.3) is 0 Å². The molecule has 0 spiro atoms. The predicted molar refractivity (Wildman–Crippen MR) is 48.5 cm³/mol. The van der Waals surface area contributed by atoms with Crippen LogP contribution in [-0.4, -0.2) is 34.8 Å². The summed E-state index contributed by atoms with van der Waals surface area (Å²) in [6.45, 7) is 3.86. The second-order valence-electron chi connectivity index (χ2n) is 3.21. The predicted octanol–water partition coefficient (Wildman–Crippen LogP) is 1.23. The molecule has 1 aliphatic heterocycles. The van der Waals surface area contributed by atoms with Gasteiger partial charge in [0.1, 0.15) is 0 Å². The third-order valence-electron chi connectivity index (χ3n) is 1.79. The summed E-state index contributed by atoms with van der Waals surface area (Å²) >= 11 is 1.65. The van der Waals surface area contributed by atoms with Crippen LogP contribution in [0.5, 0.6) is 0 Å². The van der Waals surface area contributed by atoms with Crippen LogP contribution in [0.2, 0.25) is 0 Å². The van der Waals surface area contributed by atoms with Crippen LogP contribution in [0.3, 0.4) is 0 Å². The summed E-state index contributed by atoms with van der Waals surface area (Å²) in [6, 6.07) is 0. The van der Waals surface area contributed by atoms with Crippen molar-refractivity contribution in [2.45, 2.75) is 26.1 Å². The summed E-state index contributed by atoms with van der Waals surface area (Å²) in [7, 11) is 0.